The molecule has 0 radical (unpaired) electrons. The average molecular weight is 585 g/mol. The SMILES string of the molecule is Cc1nc(N2CCN(Cc3cccc4c3CN(C3CCC(=O)NC3=O)C4S)CC2)c2c(-c3ccccc3)csc2n1. The number of imide groups is 1. The third-order valence-corrected chi connectivity index (χ3v) is 9.98. The molecule has 2 aromatic heterocycles. The fraction of sp³-hybridized carbons (Fsp3) is 0.355. The van der Waals surface area contributed by atoms with Crippen molar-refractivity contribution in [3.8, 4) is 11.1 Å². The zero-order valence-electron chi connectivity index (χ0n) is 22.9. The number of thiophene rings is 1. The number of thiol groups is 1. The number of hydrogen-bond acceptors (Lipinski definition) is 9. The van der Waals surface area contributed by atoms with Gasteiger partial charge in [0.1, 0.15) is 16.5 Å². The number of fused-ring (bicyclic) bond motifs is 2. The van der Waals surface area contributed by atoms with Gasteiger partial charge in [-0.3, -0.25) is 24.7 Å². The lowest BCUT2D eigenvalue weighted by molar-refractivity contribution is -0.137. The second kappa shape index (κ2) is 10.8. The summed E-state index contributed by atoms with van der Waals surface area (Å²) in [5.74, 6) is 1.44. The second-order valence-corrected chi connectivity index (χ2v) is 12.4. The summed E-state index contributed by atoms with van der Waals surface area (Å²) in [6.07, 6.45) is 0.913. The van der Waals surface area contributed by atoms with E-state index in [1.54, 1.807) is 11.3 Å². The Balaban J connectivity index is 1.08. The number of carbonyl (C=O) groups excluding carboxylic acids is 2. The number of aromatic nitrogens is 2. The summed E-state index contributed by atoms with van der Waals surface area (Å²) < 4.78 is 0. The molecule has 0 aliphatic carbocycles. The molecular weight excluding hydrogens is 553 g/mol. The van der Waals surface area contributed by atoms with Crippen LogP contribution in [0.4, 0.5) is 5.82 Å². The van der Waals surface area contributed by atoms with E-state index >= 15 is 0 Å². The summed E-state index contributed by atoms with van der Waals surface area (Å²) in [6.45, 7) is 7.14. The van der Waals surface area contributed by atoms with Gasteiger partial charge in [0, 0.05) is 56.6 Å². The summed E-state index contributed by atoms with van der Waals surface area (Å²) in [5.41, 5.74) is 6.11. The van der Waals surface area contributed by atoms with Crippen LogP contribution in [-0.4, -0.2) is 63.8 Å². The number of piperazine rings is 1. The van der Waals surface area contributed by atoms with Crippen molar-refractivity contribution in [1.29, 1.82) is 0 Å². The van der Waals surface area contributed by atoms with E-state index < -0.39 is 0 Å². The van der Waals surface area contributed by atoms with Crippen molar-refractivity contribution in [2.24, 2.45) is 0 Å². The molecular formula is C31H32N6O2S2. The molecule has 2 atom stereocenters. The van der Waals surface area contributed by atoms with E-state index in [0.29, 0.717) is 19.4 Å². The quantitative estimate of drug-likeness (QED) is 0.263. The van der Waals surface area contributed by atoms with Crippen molar-refractivity contribution >= 4 is 51.8 Å². The standard InChI is InChI=1S/C31H32N6O2S2/c1-19-32-28(27-24(18-41-30(27)33-19)20-6-3-2-4-7-20)36-14-12-35(13-15-36)16-21-8-5-9-22-23(21)17-37(31(22)40)25-10-11-26(38)34-29(25)39/h2-9,18,25,31,40H,10-17H2,1H3,(H,34,38,39). The van der Waals surface area contributed by atoms with E-state index in [2.05, 4.69) is 67.9 Å². The van der Waals surface area contributed by atoms with Crippen LogP contribution < -0.4 is 10.2 Å². The Bertz CT molecular complexity index is 1630. The zero-order valence-corrected chi connectivity index (χ0v) is 24.6. The van der Waals surface area contributed by atoms with Crippen LogP contribution in [0.2, 0.25) is 0 Å². The number of hydrogen-bond donors (Lipinski definition) is 2. The van der Waals surface area contributed by atoms with Crippen LogP contribution in [0.25, 0.3) is 21.3 Å². The first-order valence-corrected chi connectivity index (χ1v) is 15.5. The molecule has 3 aliphatic rings. The van der Waals surface area contributed by atoms with Gasteiger partial charge in [-0.2, -0.15) is 12.6 Å². The average Bonchev–Trinajstić information content (AvgIpc) is 3.55. The summed E-state index contributed by atoms with van der Waals surface area (Å²) in [7, 11) is 0. The second-order valence-electron chi connectivity index (χ2n) is 11.1. The lowest BCUT2D eigenvalue weighted by atomic mass is 10.0. The van der Waals surface area contributed by atoms with Crippen molar-refractivity contribution in [2.45, 2.75) is 44.3 Å². The highest BCUT2D eigenvalue weighted by Gasteiger charge is 2.40. The maximum absolute atomic E-state index is 12.6. The number of benzene rings is 2. The van der Waals surface area contributed by atoms with Crippen LogP contribution in [-0.2, 0) is 22.7 Å². The molecule has 2 fully saturated rings. The third-order valence-electron chi connectivity index (χ3n) is 8.53. The third kappa shape index (κ3) is 4.92. The molecule has 1 N–H and O–H groups in total. The Morgan fingerprint density at radius 1 is 1.02 bits per heavy atom. The lowest BCUT2D eigenvalue weighted by Gasteiger charge is -2.36. The maximum Gasteiger partial charge on any atom is 0.243 e. The largest absolute Gasteiger partial charge is 0.353 e. The molecule has 7 rings (SSSR count). The molecule has 0 bridgehead atoms. The first-order valence-electron chi connectivity index (χ1n) is 14.1. The molecule has 3 aliphatic heterocycles. The van der Waals surface area contributed by atoms with Crippen LogP contribution in [0.5, 0.6) is 0 Å². The summed E-state index contributed by atoms with van der Waals surface area (Å²) in [4.78, 5) is 42.1. The lowest BCUT2D eigenvalue weighted by Crippen LogP contribution is -2.51. The summed E-state index contributed by atoms with van der Waals surface area (Å²) in [6, 6.07) is 16.6. The molecule has 2 amide bonds. The number of nitrogens with one attached hydrogen (secondary N) is 1. The molecule has 4 aromatic rings. The number of rotatable bonds is 5. The first-order chi connectivity index (χ1) is 20.0. The number of nitrogens with zero attached hydrogens (tertiary/aromatic N) is 5. The van der Waals surface area contributed by atoms with Gasteiger partial charge in [-0.05, 0) is 35.6 Å². The minimum absolute atomic E-state index is 0.154. The van der Waals surface area contributed by atoms with Gasteiger partial charge in [-0.25, -0.2) is 9.97 Å². The van der Waals surface area contributed by atoms with Gasteiger partial charge in [0.2, 0.25) is 11.8 Å². The monoisotopic (exact) mass is 584 g/mol. The summed E-state index contributed by atoms with van der Waals surface area (Å²) >= 11 is 6.59. The Hall–Kier alpha value is -3.31. The van der Waals surface area contributed by atoms with Crippen molar-refractivity contribution in [3.63, 3.8) is 0 Å². The zero-order chi connectivity index (χ0) is 28.1. The van der Waals surface area contributed by atoms with Crippen LogP contribution in [0.1, 0.15) is 40.7 Å². The van der Waals surface area contributed by atoms with Crippen molar-refractivity contribution in [3.05, 3.63) is 76.4 Å². The van der Waals surface area contributed by atoms with Gasteiger partial charge in [-0.1, -0.05) is 48.5 Å². The van der Waals surface area contributed by atoms with Gasteiger partial charge in [-0.15, -0.1) is 11.3 Å². The fourth-order valence-corrected chi connectivity index (χ4v) is 7.88. The Morgan fingerprint density at radius 2 is 1.83 bits per heavy atom. The molecule has 41 heavy (non-hydrogen) atoms. The normalized spacial score (nSPS) is 21.9. The maximum atomic E-state index is 12.6. The predicted molar refractivity (Wildman–Crippen MR) is 165 cm³/mol. The number of amides is 2. The molecule has 2 aromatic carbocycles. The van der Waals surface area contributed by atoms with E-state index in [1.165, 1.54) is 27.8 Å². The van der Waals surface area contributed by atoms with E-state index in [9.17, 15) is 9.59 Å². The van der Waals surface area contributed by atoms with Gasteiger partial charge >= 0.3 is 0 Å². The molecule has 5 heterocycles. The molecule has 10 heteroatoms. The number of piperidine rings is 1. The van der Waals surface area contributed by atoms with Crippen molar-refractivity contribution in [2.75, 3.05) is 31.1 Å². The highest BCUT2D eigenvalue weighted by atomic mass is 32.1. The van der Waals surface area contributed by atoms with Crippen molar-refractivity contribution in [1.82, 2.24) is 25.1 Å². The van der Waals surface area contributed by atoms with E-state index in [0.717, 1.165) is 54.6 Å². The number of anilines is 1. The van der Waals surface area contributed by atoms with E-state index in [1.807, 2.05) is 13.0 Å². The molecule has 8 nitrogen and oxygen atoms in total. The molecule has 2 unspecified atom stereocenters. The highest BCUT2D eigenvalue weighted by molar-refractivity contribution is 7.80. The smallest absolute Gasteiger partial charge is 0.243 e. The van der Waals surface area contributed by atoms with Crippen LogP contribution in [0.3, 0.4) is 0 Å². The first kappa shape index (κ1) is 26.6. The topological polar surface area (TPSA) is 81.7 Å². The molecule has 0 saturated carbocycles. The Morgan fingerprint density at radius 3 is 2.61 bits per heavy atom. The predicted octanol–water partition coefficient (Wildman–Crippen LogP) is 4.54. The van der Waals surface area contributed by atoms with Gasteiger partial charge in [0.15, 0.2) is 0 Å². The van der Waals surface area contributed by atoms with Crippen molar-refractivity contribution < 1.29 is 9.59 Å². The number of carbonyl (C=O) groups is 2. The van der Waals surface area contributed by atoms with Gasteiger partial charge in [0.05, 0.1) is 16.8 Å². The Labute approximate surface area is 248 Å². The van der Waals surface area contributed by atoms with E-state index in [4.69, 9.17) is 22.6 Å². The van der Waals surface area contributed by atoms with E-state index in [-0.39, 0.29) is 23.2 Å². The molecule has 210 valence electrons. The van der Waals surface area contributed by atoms with Crippen LogP contribution in [0.15, 0.2) is 53.9 Å². The van der Waals surface area contributed by atoms with Gasteiger partial charge < -0.3 is 4.90 Å². The number of aryl methyl sites for hydroxylation is 1. The molecule has 2 saturated heterocycles. The van der Waals surface area contributed by atoms with Crippen LogP contribution >= 0.6 is 24.0 Å². The Kier molecular flexibility index (Phi) is 7.02. The fourth-order valence-electron chi connectivity index (χ4n) is 6.41. The van der Waals surface area contributed by atoms with Gasteiger partial charge in [0.25, 0.3) is 0 Å². The molecule has 0 spiro atoms. The summed E-state index contributed by atoms with van der Waals surface area (Å²) in [5, 5.41) is 5.70. The minimum atomic E-state index is -0.329. The highest BCUT2D eigenvalue weighted by Crippen LogP contribution is 2.41. The minimum Gasteiger partial charge on any atom is -0.353 e. The van der Waals surface area contributed by atoms with Crippen LogP contribution in [0, 0.1) is 6.92 Å².